The maximum Gasteiger partial charge on any atom is 0.307 e. The Labute approximate surface area is 186 Å². The molecule has 0 fully saturated rings. The van der Waals surface area contributed by atoms with Gasteiger partial charge in [-0.2, -0.15) is 14.5 Å². The number of halogens is 1. The third-order valence-corrected chi connectivity index (χ3v) is 4.94. The van der Waals surface area contributed by atoms with Gasteiger partial charge in [0.15, 0.2) is 17.3 Å². The summed E-state index contributed by atoms with van der Waals surface area (Å²) in [6.45, 7) is 1.85. The molecule has 4 rings (SSSR count). The monoisotopic (exact) mass is 454 g/mol. The Hall–Kier alpha value is -4.48. The van der Waals surface area contributed by atoms with Crippen LogP contribution in [-0.4, -0.2) is 46.0 Å². The maximum absolute atomic E-state index is 13.9. The lowest BCUT2D eigenvalue weighted by atomic mass is 10.2. The summed E-state index contributed by atoms with van der Waals surface area (Å²) in [5, 5.41) is 19.4. The highest BCUT2D eigenvalue weighted by Crippen LogP contribution is 2.35. The zero-order valence-electron chi connectivity index (χ0n) is 18.1. The molecule has 2 heterocycles. The molecule has 0 aliphatic heterocycles. The highest BCUT2D eigenvalue weighted by molar-refractivity contribution is 5.86. The largest absolute Gasteiger partial charge is 0.494 e. The topological polar surface area (TPSA) is 126 Å². The summed E-state index contributed by atoms with van der Waals surface area (Å²) in [6, 6.07) is 7.22. The van der Waals surface area contributed by atoms with E-state index >= 15 is 0 Å². The highest BCUT2D eigenvalue weighted by atomic mass is 19.1. The van der Waals surface area contributed by atoms with E-state index in [9.17, 15) is 14.5 Å². The molecule has 2 aromatic carbocycles. The van der Waals surface area contributed by atoms with Crippen LogP contribution in [0, 0.1) is 22.9 Å². The van der Waals surface area contributed by atoms with E-state index in [0.717, 1.165) is 28.7 Å². The highest BCUT2D eigenvalue weighted by Gasteiger charge is 2.20. The van der Waals surface area contributed by atoms with E-state index < -0.39 is 16.4 Å². The first kappa shape index (κ1) is 21.7. The van der Waals surface area contributed by atoms with Crippen LogP contribution in [0.1, 0.15) is 5.69 Å². The van der Waals surface area contributed by atoms with Crippen molar-refractivity contribution in [3.8, 4) is 23.1 Å². The Bertz CT molecular complexity index is 1370. The van der Waals surface area contributed by atoms with Crippen LogP contribution in [0.3, 0.4) is 0 Å². The van der Waals surface area contributed by atoms with Crippen molar-refractivity contribution >= 4 is 28.2 Å². The number of aromatic nitrogens is 4. The van der Waals surface area contributed by atoms with Crippen LogP contribution in [0.5, 0.6) is 17.2 Å². The minimum absolute atomic E-state index is 0.0596. The minimum atomic E-state index is -1.01. The van der Waals surface area contributed by atoms with Crippen LogP contribution in [0.4, 0.5) is 21.7 Å². The molecule has 0 spiro atoms. The number of methoxy groups -OCH3 is 3. The van der Waals surface area contributed by atoms with Gasteiger partial charge in [-0.1, -0.05) is 0 Å². The molecule has 33 heavy (non-hydrogen) atoms. The van der Waals surface area contributed by atoms with E-state index in [1.54, 1.807) is 31.0 Å². The molecular weight excluding hydrogens is 435 g/mol. The van der Waals surface area contributed by atoms with Crippen LogP contribution < -0.4 is 19.5 Å². The first-order chi connectivity index (χ1) is 15.9. The second kappa shape index (κ2) is 8.57. The fourth-order valence-electron chi connectivity index (χ4n) is 3.36. The molecule has 4 aromatic rings. The maximum atomic E-state index is 13.9. The Kier molecular flexibility index (Phi) is 5.65. The number of rotatable bonds is 7. The number of nitrogens with one attached hydrogen (secondary N) is 1. The van der Waals surface area contributed by atoms with Gasteiger partial charge in [0.1, 0.15) is 5.75 Å². The number of ether oxygens (including phenoxy) is 3. The lowest BCUT2D eigenvalue weighted by Crippen LogP contribution is -2.05. The number of benzene rings is 2. The molecule has 12 heteroatoms. The summed E-state index contributed by atoms with van der Waals surface area (Å²) >= 11 is 0. The molecule has 0 saturated carbocycles. The van der Waals surface area contributed by atoms with Gasteiger partial charge >= 0.3 is 5.69 Å². The molecular formula is C21H19FN6O5. The average molecular weight is 454 g/mol. The van der Waals surface area contributed by atoms with Gasteiger partial charge in [-0.05, 0) is 13.0 Å². The number of nitro benzene ring substituents is 1. The summed E-state index contributed by atoms with van der Waals surface area (Å²) in [6.07, 6.45) is 1.50. The fourth-order valence-corrected chi connectivity index (χ4v) is 3.36. The molecule has 0 amide bonds. The summed E-state index contributed by atoms with van der Waals surface area (Å²) in [7, 11) is 4.42. The summed E-state index contributed by atoms with van der Waals surface area (Å²) in [5.41, 5.74) is 0.902. The first-order valence-corrected chi connectivity index (χ1v) is 9.60. The van der Waals surface area contributed by atoms with Gasteiger partial charge in [-0.3, -0.25) is 10.1 Å². The van der Waals surface area contributed by atoms with E-state index in [1.807, 2.05) is 13.0 Å². The zero-order valence-corrected chi connectivity index (χ0v) is 18.1. The molecule has 1 N–H and O–H groups in total. The van der Waals surface area contributed by atoms with Gasteiger partial charge in [0.05, 0.1) is 43.2 Å². The van der Waals surface area contributed by atoms with Crippen molar-refractivity contribution in [3.63, 3.8) is 0 Å². The number of fused-ring (bicyclic) bond motifs is 1. The zero-order chi connectivity index (χ0) is 23.7. The molecule has 0 radical (unpaired) electrons. The van der Waals surface area contributed by atoms with E-state index in [4.69, 9.17) is 14.2 Å². The Morgan fingerprint density at radius 3 is 2.42 bits per heavy atom. The summed E-state index contributed by atoms with van der Waals surface area (Å²) in [5.74, 6) is 0.677. The summed E-state index contributed by atoms with van der Waals surface area (Å²) < 4.78 is 31.5. The van der Waals surface area contributed by atoms with Gasteiger partial charge in [0, 0.05) is 35.8 Å². The van der Waals surface area contributed by atoms with Crippen molar-refractivity contribution in [2.75, 3.05) is 26.6 Å². The Morgan fingerprint density at radius 1 is 1.06 bits per heavy atom. The Morgan fingerprint density at radius 2 is 1.76 bits per heavy atom. The fraction of sp³-hybridized carbons (Fsp3) is 0.190. The van der Waals surface area contributed by atoms with Crippen molar-refractivity contribution in [2.24, 2.45) is 0 Å². The van der Waals surface area contributed by atoms with Crippen LogP contribution in [0.25, 0.3) is 16.7 Å². The normalized spacial score (nSPS) is 10.8. The molecule has 170 valence electrons. The van der Waals surface area contributed by atoms with Gasteiger partial charge in [-0.15, -0.1) is 0 Å². The number of aryl methyl sites for hydroxylation is 1. The lowest BCUT2D eigenvalue weighted by Gasteiger charge is -2.11. The summed E-state index contributed by atoms with van der Waals surface area (Å²) in [4.78, 5) is 18.9. The van der Waals surface area contributed by atoms with E-state index in [0.29, 0.717) is 17.3 Å². The predicted octanol–water partition coefficient (Wildman–Crippen LogP) is 3.94. The first-order valence-electron chi connectivity index (χ1n) is 9.60. The third kappa shape index (κ3) is 3.93. The molecule has 0 aliphatic rings. The standard InChI is InChI=1S/C21H19FN6O5/c1-11-12-7-18(32-3)19(33-4)10-15(12)27(26-11)20-5-6-23-21(25-20)24-14-9-16(28(29)30)13(22)8-17(14)31-2/h5-10H,1-4H3,(H,23,24,25). The predicted molar refractivity (Wildman–Crippen MR) is 117 cm³/mol. The second-order valence-corrected chi connectivity index (χ2v) is 6.85. The minimum Gasteiger partial charge on any atom is -0.494 e. The van der Waals surface area contributed by atoms with E-state index in [2.05, 4.69) is 20.4 Å². The van der Waals surface area contributed by atoms with Crippen molar-refractivity contribution in [1.29, 1.82) is 0 Å². The van der Waals surface area contributed by atoms with Crippen LogP contribution in [-0.2, 0) is 0 Å². The van der Waals surface area contributed by atoms with Crippen molar-refractivity contribution in [1.82, 2.24) is 19.7 Å². The second-order valence-electron chi connectivity index (χ2n) is 6.85. The van der Waals surface area contributed by atoms with Crippen LogP contribution in [0.15, 0.2) is 36.5 Å². The number of nitro groups is 1. The van der Waals surface area contributed by atoms with Crippen LogP contribution in [0.2, 0.25) is 0 Å². The molecule has 0 saturated heterocycles. The van der Waals surface area contributed by atoms with Crippen molar-refractivity contribution in [2.45, 2.75) is 6.92 Å². The number of anilines is 2. The molecule has 0 bridgehead atoms. The molecule has 11 nitrogen and oxygen atoms in total. The molecule has 0 atom stereocenters. The number of hydrogen-bond acceptors (Lipinski definition) is 9. The quantitative estimate of drug-likeness (QED) is 0.326. The van der Waals surface area contributed by atoms with Crippen LogP contribution >= 0.6 is 0 Å². The van der Waals surface area contributed by atoms with Crippen molar-refractivity contribution in [3.05, 3.63) is 58.2 Å². The molecule has 2 aromatic heterocycles. The third-order valence-electron chi connectivity index (χ3n) is 4.94. The Balaban J connectivity index is 1.78. The van der Waals surface area contributed by atoms with Gasteiger partial charge in [0.2, 0.25) is 11.8 Å². The van der Waals surface area contributed by atoms with E-state index in [-0.39, 0.29) is 17.4 Å². The van der Waals surface area contributed by atoms with E-state index in [1.165, 1.54) is 13.3 Å². The van der Waals surface area contributed by atoms with Gasteiger partial charge in [-0.25, -0.2) is 9.67 Å². The smallest absolute Gasteiger partial charge is 0.307 e. The molecule has 0 aliphatic carbocycles. The van der Waals surface area contributed by atoms with Crippen molar-refractivity contribution < 1.29 is 23.5 Å². The average Bonchev–Trinajstić information content (AvgIpc) is 3.14. The lowest BCUT2D eigenvalue weighted by molar-refractivity contribution is -0.387. The SMILES string of the molecule is COc1cc(F)c([N+](=O)[O-])cc1Nc1nccc(-n2nc(C)c3cc(OC)c(OC)cc32)n1. The number of nitrogens with zero attached hydrogens (tertiary/aromatic N) is 5. The number of hydrogen-bond donors (Lipinski definition) is 1. The van der Waals surface area contributed by atoms with Gasteiger partial charge in [0.25, 0.3) is 0 Å². The van der Waals surface area contributed by atoms with Gasteiger partial charge < -0.3 is 19.5 Å². The molecule has 0 unspecified atom stereocenters.